The van der Waals surface area contributed by atoms with E-state index in [9.17, 15) is 19.2 Å². The Kier molecular flexibility index (Phi) is 12.2. The normalized spacial score (nSPS) is 18.3. The lowest BCUT2D eigenvalue weighted by atomic mass is 9.97. The molecule has 4 heterocycles. The molecule has 14 heteroatoms. The van der Waals surface area contributed by atoms with Gasteiger partial charge in [-0.1, -0.05) is 76.2 Å². The molecule has 0 bridgehead atoms. The number of methoxy groups -OCH3 is 2. The molecule has 4 amide bonds. The number of carbonyl (C=O) groups is 4. The highest BCUT2D eigenvalue weighted by atomic mass is 16.5. The van der Waals surface area contributed by atoms with Gasteiger partial charge in [-0.05, 0) is 66.2 Å². The molecule has 0 aliphatic carbocycles. The number of piperidine rings is 1. The van der Waals surface area contributed by atoms with Crippen LogP contribution in [0.3, 0.4) is 0 Å². The van der Waals surface area contributed by atoms with E-state index in [0.717, 1.165) is 77.4 Å². The number of likely N-dealkylation sites (tertiary alicyclic amines) is 2. The summed E-state index contributed by atoms with van der Waals surface area (Å²) in [7, 11) is 2.58. The van der Waals surface area contributed by atoms with Crippen molar-refractivity contribution in [2.24, 2.45) is 11.8 Å². The number of ether oxygens (including phenoxy) is 2. The molecule has 4 aromatic rings. The van der Waals surface area contributed by atoms with Gasteiger partial charge in [0, 0.05) is 13.1 Å². The Balaban J connectivity index is 1.11. The molecular weight excluding hydrogens is 701 g/mol. The van der Waals surface area contributed by atoms with Crippen LogP contribution >= 0.6 is 0 Å². The van der Waals surface area contributed by atoms with Gasteiger partial charge in [0.1, 0.15) is 23.7 Å². The lowest BCUT2D eigenvalue weighted by Gasteiger charge is -2.37. The number of aromatic amines is 2. The van der Waals surface area contributed by atoms with Crippen molar-refractivity contribution in [1.82, 2.24) is 40.4 Å². The van der Waals surface area contributed by atoms with Crippen LogP contribution in [-0.4, -0.2) is 93.1 Å². The number of rotatable bonds is 11. The van der Waals surface area contributed by atoms with Crippen LogP contribution in [0.4, 0.5) is 9.59 Å². The Bertz CT molecular complexity index is 1950. The van der Waals surface area contributed by atoms with Crippen LogP contribution in [-0.2, 0) is 19.1 Å². The van der Waals surface area contributed by atoms with Crippen molar-refractivity contribution in [1.29, 1.82) is 0 Å². The van der Waals surface area contributed by atoms with Gasteiger partial charge in [0.15, 0.2) is 0 Å². The monoisotopic (exact) mass is 752 g/mol. The molecule has 0 radical (unpaired) electrons. The standard InChI is InChI=1S/C41H52N8O6/c1-24(2)34(46-40(52)54-5)38(50)48-20-8-7-10-32(48)36-42-22-30(44-36)28-16-12-26(13-17-28)27-14-18-29(19-15-27)31-23-43-37(45-31)33-11-9-21-49(33)39(51)35(25(3)4)47-41(53)55-6/h12-19,22-25,32-35H,7-11,20-21H2,1-6H3,(H,42,44)(H,43,45)(H,46,52)(H,47,53)/t32-,33?,34-,35-/m0/s1. The van der Waals surface area contributed by atoms with E-state index in [1.54, 1.807) is 11.1 Å². The van der Waals surface area contributed by atoms with E-state index in [2.05, 4.69) is 74.1 Å². The summed E-state index contributed by atoms with van der Waals surface area (Å²) in [4.78, 5) is 71.1. The van der Waals surface area contributed by atoms with E-state index in [-0.39, 0.29) is 35.7 Å². The zero-order chi connectivity index (χ0) is 39.2. The molecule has 55 heavy (non-hydrogen) atoms. The van der Waals surface area contributed by atoms with Crippen molar-refractivity contribution >= 4 is 24.0 Å². The number of imidazole rings is 2. The van der Waals surface area contributed by atoms with E-state index in [1.807, 2.05) is 38.8 Å². The van der Waals surface area contributed by atoms with E-state index in [0.29, 0.717) is 13.1 Å². The minimum absolute atomic E-state index is 0.104. The summed E-state index contributed by atoms with van der Waals surface area (Å²) in [6.07, 6.45) is 6.65. The van der Waals surface area contributed by atoms with Crippen LogP contribution in [0.15, 0.2) is 60.9 Å². The minimum Gasteiger partial charge on any atom is -0.453 e. The summed E-state index contributed by atoms with van der Waals surface area (Å²) in [6, 6.07) is 14.7. The number of H-pyrrole nitrogens is 2. The first-order chi connectivity index (χ1) is 26.5. The average Bonchev–Trinajstić information content (AvgIpc) is 4.00. The molecule has 0 saturated carbocycles. The molecule has 2 aliphatic rings. The summed E-state index contributed by atoms with van der Waals surface area (Å²) in [5.41, 5.74) is 5.79. The number of hydrogen-bond donors (Lipinski definition) is 4. The molecule has 1 unspecified atom stereocenters. The molecule has 2 aromatic heterocycles. The van der Waals surface area contributed by atoms with Gasteiger partial charge in [-0.3, -0.25) is 9.59 Å². The number of benzene rings is 2. The van der Waals surface area contributed by atoms with Crippen LogP contribution in [0.25, 0.3) is 33.6 Å². The second-order valence-corrected chi connectivity index (χ2v) is 15.0. The Hall–Kier alpha value is -5.66. The number of alkyl carbamates (subject to hydrolysis) is 2. The van der Waals surface area contributed by atoms with Crippen molar-refractivity contribution in [2.45, 2.75) is 84.0 Å². The van der Waals surface area contributed by atoms with Gasteiger partial charge in [0.05, 0.1) is 50.1 Å². The summed E-state index contributed by atoms with van der Waals surface area (Å²) >= 11 is 0. The van der Waals surface area contributed by atoms with E-state index in [1.165, 1.54) is 14.2 Å². The molecule has 2 saturated heterocycles. The summed E-state index contributed by atoms with van der Waals surface area (Å²) in [5.74, 6) is 0.966. The van der Waals surface area contributed by atoms with Crippen LogP contribution in [0.2, 0.25) is 0 Å². The molecule has 0 spiro atoms. The van der Waals surface area contributed by atoms with Crippen molar-refractivity contribution in [2.75, 3.05) is 27.3 Å². The van der Waals surface area contributed by atoms with Gasteiger partial charge in [-0.2, -0.15) is 0 Å². The lowest BCUT2D eigenvalue weighted by Crippen LogP contribution is -2.53. The number of amides is 4. The Morgan fingerprint density at radius 3 is 1.40 bits per heavy atom. The van der Waals surface area contributed by atoms with E-state index in [4.69, 9.17) is 14.5 Å². The smallest absolute Gasteiger partial charge is 0.407 e. The van der Waals surface area contributed by atoms with Gasteiger partial charge < -0.3 is 39.9 Å². The maximum Gasteiger partial charge on any atom is 0.407 e. The second kappa shape index (κ2) is 17.2. The first-order valence-electron chi connectivity index (χ1n) is 19.1. The van der Waals surface area contributed by atoms with Gasteiger partial charge in [-0.25, -0.2) is 19.6 Å². The molecule has 2 fully saturated rings. The lowest BCUT2D eigenvalue weighted by molar-refractivity contribution is -0.138. The molecule has 4 N–H and O–H groups in total. The molecular formula is C41H52N8O6. The first kappa shape index (κ1) is 39.0. The third-order valence-corrected chi connectivity index (χ3v) is 10.7. The fraction of sp³-hybridized carbons (Fsp3) is 0.463. The number of nitrogens with one attached hydrogen (secondary N) is 4. The fourth-order valence-electron chi connectivity index (χ4n) is 7.54. The summed E-state index contributed by atoms with van der Waals surface area (Å²) in [5, 5.41) is 5.41. The fourth-order valence-corrected chi connectivity index (χ4v) is 7.54. The predicted molar refractivity (Wildman–Crippen MR) is 207 cm³/mol. The zero-order valence-corrected chi connectivity index (χ0v) is 32.4. The Labute approximate surface area is 321 Å². The first-order valence-corrected chi connectivity index (χ1v) is 19.1. The average molecular weight is 753 g/mol. The summed E-state index contributed by atoms with van der Waals surface area (Å²) in [6.45, 7) is 8.80. The highest BCUT2D eigenvalue weighted by Crippen LogP contribution is 2.35. The van der Waals surface area contributed by atoms with Crippen molar-refractivity contribution in [3.63, 3.8) is 0 Å². The molecule has 2 aliphatic heterocycles. The van der Waals surface area contributed by atoms with Crippen molar-refractivity contribution < 1.29 is 28.7 Å². The molecule has 2 aromatic carbocycles. The SMILES string of the molecule is COC(=O)N[C@H](C(=O)N1CCCC1c1ncc(-c2ccc(-c3ccc(-c4cnc([C@@H]5CCCCN5C(=O)[C@@H](NC(=O)OC)C(C)C)[nH]4)cc3)cc2)[nH]1)C(C)C. The zero-order valence-electron chi connectivity index (χ0n) is 32.4. The number of aromatic nitrogens is 4. The minimum atomic E-state index is -0.692. The van der Waals surface area contributed by atoms with Gasteiger partial charge in [-0.15, -0.1) is 0 Å². The third kappa shape index (κ3) is 8.68. The van der Waals surface area contributed by atoms with Crippen LogP contribution in [0.5, 0.6) is 0 Å². The van der Waals surface area contributed by atoms with Gasteiger partial charge in [0.2, 0.25) is 11.8 Å². The molecule has 14 nitrogen and oxygen atoms in total. The molecule has 292 valence electrons. The Morgan fingerprint density at radius 1 is 0.618 bits per heavy atom. The number of carbonyl (C=O) groups excluding carboxylic acids is 4. The highest BCUT2D eigenvalue weighted by Gasteiger charge is 2.38. The number of nitrogens with zero attached hydrogens (tertiary/aromatic N) is 4. The van der Waals surface area contributed by atoms with Gasteiger partial charge >= 0.3 is 12.2 Å². The second-order valence-electron chi connectivity index (χ2n) is 15.0. The Morgan fingerprint density at radius 2 is 1.00 bits per heavy atom. The van der Waals surface area contributed by atoms with E-state index >= 15 is 0 Å². The highest BCUT2D eigenvalue weighted by molar-refractivity contribution is 5.87. The van der Waals surface area contributed by atoms with Crippen LogP contribution in [0, 0.1) is 11.8 Å². The van der Waals surface area contributed by atoms with E-state index < -0.39 is 24.3 Å². The molecule has 4 atom stereocenters. The van der Waals surface area contributed by atoms with Crippen molar-refractivity contribution in [3.8, 4) is 33.6 Å². The van der Waals surface area contributed by atoms with Gasteiger partial charge in [0.25, 0.3) is 0 Å². The van der Waals surface area contributed by atoms with Crippen molar-refractivity contribution in [3.05, 3.63) is 72.6 Å². The third-order valence-electron chi connectivity index (χ3n) is 10.7. The summed E-state index contributed by atoms with van der Waals surface area (Å²) < 4.78 is 9.53. The molecule has 6 rings (SSSR count). The van der Waals surface area contributed by atoms with Crippen LogP contribution in [0.1, 0.15) is 83.5 Å². The predicted octanol–water partition coefficient (Wildman–Crippen LogP) is 6.61. The topological polar surface area (TPSA) is 175 Å². The maximum atomic E-state index is 13.7. The maximum absolute atomic E-state index is 13.7. The number of hydrogen-bond acceptors (Lipinski definition) is 8. The largest absolute Gasteiger partial charge is 0.453 e. The quantitative estimate of drug-likeness (QED) is 0.132. The van der Waals surface area contributed by atoms with Crippen LogP contribution < -0.4 is 10.6 Å².